The lowest BCUT2D eigenvalue weighted by Crippen LogP contribution is -1.99. The van der Waals surface area contributed by atoms with Crippen LogP contribution in [-0.4, -0.2) is 9.55 Å². The van der Waals surface area contributed by atoms with Crippen molar-refractivity contribution >= 4 is 5.69 Å². The molecule has 1 heterocycles. The predicted molar refractivity (Wildman–Crippen MR) is 82.8 cm³/mol. The molecular formula is C17H17N3. The molecule has 3 aromatic rings. The van der Waals surface area contributed by atoms with Gasteiger partial charge in [0.1, 0.15) is 6.33 Å². The molecule has 2 N–H and O–H groups in total. The molecule has 0 unspecified atom stereocenters. The Morgan fingerprint density at radius 2 is 1.70 bits per heavy atom. The maximum Gasteiger partial charge on any atom is 0.100 e. The van der Waals surface area contributed by atoms with Crippen LogP contribution in [0.3, 0.4) is 0 Å². The monoisotopic (exact) mass is 263 g/mol. The smallest absolute Gasteiger partial charge is 0.100 e. The first-order valence-corrected chi connectivity index (χ1v) is 6.77. The molecule has 0 atom stereocenters. The highest BCUT2D eigenvalue weighted by molar-refractivity contribution is 5.63. The summed E-state index contributed by atoms with van der Waals surface area (Å²) in [6, 6.07) is 18.1. The fraction of sp³-hybridized carbons (Fsp3) is 0.118. The van der Waals surface area contributed by atoms with Crippen LogP contribution in [0.25, 0.3) is 16.9 Å². The highest BCUT2D eigenvalue weighted by Crippen LogP contribution is 2.25. The van der Waals surface area contributed by atoms with E-state index in [-0.39, 0.29) is 0 Å². The van der Waals surface area contributed by atoms with Gasteiger partial charge in [-0.2, -0.15) is 0 Å². The summed E-state index contributed by atoms with van der Waals surface area (Å²) in [6.07, 6.45) is 2.81. The van der Waals surface area contributed by atoms with Gasteiger partial charge in [-0.15, -0.1) is 0 Å². The molecule has 3 nitrogen and oxygen atoms in total. The van der Waals surface area contributed by atoms with Crippen LogP contribution in [-0.2, 0) is 6.42 Å². The molecule has 0 radical (unpaired) electrons. The van der Waals surface area contributed by atoms with E-state index in [0.717, 1.165) is 29.1 Å². The zero-order chi connectivity index (χ0) is 13.9. The van der Waals surface area contributed by atoms with E-state index in [9.17, 15) is 0 Å². The SMILES string of the molecule is CCc1c(-c2ccccc2)ncn1-c1ccc(N)cc1. The van der Waals surface area contributed by atoms with Gasteiger partial charge in [0.15, 0.2) is 0 Å². The summed E-state index contributed by atoms with van der Waals surface area (Å²) >= 11 is 0. The Morgan fingerprint density at radius 1 is 1.00 bits per heavy atom. The van der Waals surface area contributed by atoms with Gasteiger partial charge in [0.05, 0.1) is 11.4 Å². The number of hydrogen-bond donors (Lipinski definition) is 1. The highest BCUT2D eigenvalue weighted by Gasteiger charge is 2.11. The average Bonchev–Trinajstić information content (AvgIpc) is 2.93. The van der Waals surface area contributed by atoms with Gasteiger partial charge in [-0.1, -0.05) is 37.3 Å². The van der Waals surface area contributed by atoms with Gasteiger partial charge >= 0.3 is 0 Å². The minimum Gasteiger partial charge on any atom is -0.399 e. The van der Waals surface area contributed by atoms with Crippen molar-refractivity contribution < 1.29 is 0 Å². The Morgan fingerprint density at radius 3 is 2.35 bits per heavy atom. The van der Waals surface area contributed by atoms with Gasteiger partial charge in [-0.3, -0.25) is 0 Å². The summed E-state index contributed by atoms with van der Waals surface area (Å²) in [4.78, 5) is 4.59. The van der Waals surface area contributed by atoms with Crippen LogP contribution in [0.1, 0.15) is 12.6 Å². The van der Waals surface area contributed by atoms with Gasteiger partial charge < -0.3 is 10.3 Å². The lowest BCUT2D eigenvalue weighted by atomic mass is 10.1. The van der Waals surface area contributed by atoms with Crippen molar-refractivity contribution in [3.8, 4) is 16.9 Å². The molecule has 100 valence electrons. The van der Waals surface area contributed by atoms with E-state index in [1.165, 1.54) is 5.69 Å². The molecule has 0 spiro atoms. The van der Waals surface area contributed by atoms with E-state index in [1.807, 2.05) is 48.8 Å². The van der Waals surface area contributed by atoms with Crippen LogP contribution >= 0.6 is 0 Å². The summed E-state index contributed by atoms with van der Waals surface area (Å²) in [5.74, 6) is 0. The van der Waals surface area contributed by atoms with E-state index in [4.69, 9.17) is 5.73 Å². The van der Waals surface area contributed by atoms with Crippen LogP contribution in [0.4, 0.5) is 5.69 Å². The second-order valence-electron chi connectivity index (χ2n) is 4.72. The maximum absolute atomic E-state index is 5.75. The second-order valence-corrected chi connectivity index (χ2v) is 4.72. The molecule has 0 aliphatic carbocycles. The third-order valence-corrected chi connectivity index (χ3v) is 3.42. The normalized spacial score (nSPS) is 10.7. The first-order valence-electron chi connectivity index (χ1n) is 6.77. The number of nitrogens with zero attached hydrogens (tertiary/aromatic N) is 2. The van der Waals surface area contributed by atoms with Crippen molar-refractivity contribution in [3.63, 3.8) is 0 Å². The molecule has 0 aliphatic rings. The van der Waals surface area contributed by atoms with E-state index < -0.39 is 0 Å². The van der Waals surface area contributed by atoms with E-state index >= 15 is 0 Å². The Balaban J connectivity index is 2.10. The van der Waals surface area contributed by atoms with Gasteiger partial charge in [0.25, 0.3) is 0 Å². The summed E-state index contributed by atoms with van der Waals surface area (Å²) in [7, 11) is 0. The van der Waals surface area contributed by atoms with Gasteiger partial charge in [0.2, 0.25) is 0 Å². The fourth-order valence-electron chi connectivity index (χ4n) is 2.41. The van der Waals surface area contributed by atoms with Crippen LogP contribution < -0.4 is 5.73 Å². The average molecular weight is 263 g/mol. The summed E-state index contributed by atoms with van der Waals surface area (Å²) in [5, 5.41) is 0. The van der Waals surface area contributed by atoms with Crippen molar-refractivity contribution in [2.24, 2.45) is 0 Å². The van der Waals surface area contributed by atoms with Gasteiger partial charge in [0, 0.05) is 16.9 Å². The highest BCUT2D eigenvalue weighted by atomic mass is 15.1. The third kappa shape index (κ3) is 2.18. The number of benzene rings is 2. The Labute approximate surface area is 118 Å². The summed E-state index contributed by atoms with van der Waals surface area (Å²) in [5.41, 5.74) is 11.0. The van der Waals surface area contributed by atoms with Gasteiger partial charge in [-0.05, 0) is 30.7 Å². The molecule has 0 amide bonds. The molecule has 0 bridgehead atoms. The zero-order valence-corrected chi connectivity index (χ0v) is 11.5. The second kappa shape index (κ2) is 5.21. The summed E-state index contributed by atoms with van der Waals surface area (Å²) < 4.78 is 2.13. The number of rotatable bonds is 3. The molecule has 0 aliphatic heterocycles. The van der Waals surface area contributed by atoms with E-state index in [0.29, 0.717) is 0 Å². The van der Waals surface area contributed by atoms with Crippen molar-refractivity contribution in [1.82, 2.24) is 9.55 Å². The molecular weight excluding hydrogens is 246 g/mol. The number of aromatic nitrogens is 2. The zero-order valence-electron chi connectivity index (χ0n) is 11.5. The number of nitrogen functional groups attached to an aromatic ring is 1. The first kappa shape index (κ1) is 12.5. The van der Waals surface area contributed by atoms with Crippen LogP contribution in [0.5, 0.6) is 0 Å². The molecule has 0 fully saturated rings. The lowest BCUT2D eigenvalue weighted by Gasteiger charge is -2.08. The number of nitrogens with two attached hydrogens (primary N) is 1. The largest absolute Gasteiger partial charge is 0.399 e. The predicted octanol–water partition coefficient (Wildman–Crippen LogP) is 3.68. The van der Waals surface area contributed by atoms with Crippen molar-refractivity contribution in [2.45, 2.75) is 13.3 Å². The minimum absolute atomic E-state index is 0.773. The van der Waals surface area contributed by atoms with Crippen LogP contribution in [0.2, 0.25) is 0 Å². The molecule has 3 heteroatoms. The summed E-state index contributed by atoms with van der Waals surface area (Å²) in [6.45, 7) is 2.15. The maximum atomic E-state index is 5.75. The quantitative estimate of drug-likeness (QED) is 0.732. The molecule has 3 rings (SSSR count). The number of anilines is 1. The first-order chi connectivity index (χ1) is 9.79. The van der Waals surface area contributed by atoms with Crippen molar-refractivity contribution in [3.05, 3.63) is 66.6 Å². The Hall–Kier alpha value is -2.55. The van der Waals surface area contributed by atoms with Crippen LogP contribution in [0.15, 0.2) is 60.9 Å². The third-order valence-electron chi connectivity index (χ3n) is 3.42. The van der Waals surface area contributed by atoms with Crippen LogP contribution in [0, 0.1) is 0 Å². The standard InChI is InChI=1S/C17H17N3/c1-2-16-17(13-6-4-3-5-7-13)19-12-20(16)15-10-8-14(18)9-11-15/h3-12H,2,18H2,1H3. The van der Waals surface area contributed by atoms with Crippen molar-refractivity contribution in [1.29, 1.82) is 0 Å². The molecule has 1 aromatic heterocycles. The Bertz CT molecular complexity index is 697. The Kier molecular flexibility index (Phi) is 3.25. The lowest BCUT2D eigenvalue weighted by molar-refractivity contribution is 0.935. The van der Waals surface area contributed by atoms with E-state index in [1.54, 1.807) is 0 Å². The molecule has 0 saturated carbocycles. The minimum atomic E-state index is 0.773. The fourth-order valence-corrected chi connectivity index (χ4v) is 2.41. The number of hydrogen-bond acceptors (Lipinski definition) is 2. The number of imidazole rings is 1. The molecule has 0 saturated heterocycles. The molecule has 20 heavy (non-hydrogen) atoms. The van der Waals surface area contributed by atoms with Crippen molar-refractivity contribution in [2.75, 3.05) is 5.73 Å². The topological polar surface area (TPSA) is 43.8 Å². The molecule has 2 aromatic carbocycles. The van der Waals surface area contributed by atoms with Gasteiger partial charge in [-0.25, -0.2) is 4.98 Å². The van der Waals surface area contributed by atoms with E-state index in [2.05, 4.69) is 28.6 Å².